The normalized spacial score (nSPS) is 19.6. The molecule has 36 heavy (non-hydrogen) atoms. The van der Waals surface area contributed by atoms with Gasteiger partial charge in [-0.05, 0) is 67.4 Å². The average Bonchev–Trinajstić information content (AvgIpc) is 3.40. The molecule has 3 aliphatic rings. The quantitative estimate of drug-likeness (QED) is 0.437. The molecule has 5 nitrogen and oxygen atoms in total. The van der Waals surface area contributed by atoms with Crippen LogP contribution in [-0.2, 0) is 24.9 Å². The summed E-state index contributed by atoms with van der Waals surface area (Å²) in [6.07, 6.45) is 6.32. The highest BCUT2D eigenvalue weighted by Gasteiger charge is 2.47. The van der Waals surface area contributed by atoms with Gasteiger partial charge in [0.2, 0.25) is 0 Å². The maximum atomic E-state index is 6.28. The van der Waals surface area contributed by atoms with Crippen molar-refractivity contribution in [2.24, 2.45) is 5.73 Å². The van der Waals surface area contributed by atoms with Gasteiger partial charge >= 0.3 is 0 Å². The van der Waals surface area contributed by atoms with Crippen LogP contribution in [0.4, 0.5) is 11.5 Å². The summed E-state index contributed by atoms with van der Waals surface area (Å²) in [4.78, 5) is 14.6. The number of aromatic nitrogens is 2. The van der Waals surface area contributed by atoms with Gasteiger partial charge in [0.15, 0.2) is 0 Å². The lowest BCUT2D eigenvalue weighted by Gasteiger charge is -2.40. The first-order chi connectivity index (χ1) is 16.2. The van der Waals surface area contributed by atoms with Gasteiger partial charge in [-0.2, -0.15) is 0 Å². The molecular weight excluding hydrogens is 513 g/mol. The molecule has 3 aromatic rings. The van der Waals surface area contributed by atoms with Crippen LogP contribution in [0.1, 0.15) is 60.1 Å². The molecule has 0 saturated carbocycles. The molecule has 2 aliphatic heterocycles. The van der Waals surface area contributed by atoms with E-state index in [9.17, 15) is 0 Å². The van der Waals surface area contributed by atoms with Crippen molar-refractivity contribution in [3.63, 3.8) is 0 Å². The fourth-order valence-electron chi connectivity index (χ4n) is 6.48. The molecule has 1 spiro atoms. The first kappa shape index (κ1) is 28.7. The smallest absolute Gasteiger partial charge is 0.140 e. The van der Waals surface area contributed by atoms with Crippen LogP contribution in [0.15, 0.2) is 54.9 Å². The Hall–Kier alpha value is -1.89. The van der Waals surface area contributed by atoms with Crippen molar-refractivity contribution in [3.8, 4) is 0 Å². The highest BCUT2D eigenvalue weighted by molar-refractivity contribution is 5.86. The predicted molar refractivity (Wildman–Crippen MR) is 154 cm³/mol. The highest BCUT2D eigenvalue weighted by atomic mass is 35.5. The van der Waals surface area contributed by atoms with E-state index in [-0.39, 0.29) is 42.6 Å². The van der Waals surface area contributed by atoms with E-state index in [2.05, 4.69) is 70.2 Å². The number of nitrogens with two attached hydrogens (primary N) is 1. The molecular formula is C28H36Cl3N5. The fraction of sp³-hybridized carbons (Fsp3) is 0.429. The molecule has 2 aromatic carbocycles. The Balaban J connectivity index is 0.00000120. The Bertz CT molecular complexity index is 1170. The van der Waals surface area contributed by atoms with Crippen molar-refractivity contribution in [1.82, 2.24) is 14.9 Å². The summed E-state index contributed by atoms with van der Waals surface area (Å²) in [5, 5.41) is 0. The Morgan fingerprint density at radius 1 is 0.972 bits per heavy atom. The number of likely N-dealkylation sites (tertiary alicyclic amines) is 1. The van der Waals surface area contributed by atoms with Gasteiger partial charge < -0.3 is 10.6 Å². The largest absolute Gasteiger partial charge is 0.326 e. The molecule has 0 amide bonds. The van der Waals surface area contributed by atoms with Crippen LogP contribution in [0.2, 0.25) is 0 Å². The molecule has 2 N–H and O–H groups in total. The second-order valence-electron chi connectivity index (χ2n) is 10.1. The summed E-state index contributed by atoms with van der Waals surface area (Å²) in [6, 6.07) is 17.5. The van der Waals surface area contributed by atoms with Gasteiger partial charge in [0.1, 0.15) is 12.1 Å². The molecule has 6 rings (SSSR count). The van der Waals surface area contributed by atoms with E-state index >= 15 is 0 Å². The molecule has 1 fully saturated rings. The number of benzene rings is 2. The predicted octanol–water partition coefficient (Wildman–Crippen LogP) is 5.94. The number of hydrogen-bond donors (Lipinski definition) is 1. The lowest BCUT2D eigenvalue weighted by molar-refractivity contribution is 0.160. The summed E-state index contributed by atoms with van der Waals surface area (Å²) in [5.41, 5.74) is 14.5. The van der Waals surface area contributed by atoms with Gasteiger partial charge in [-0.15, -0.1) is 37.2 Å². The van der Waals surface area contributed by atoms with Crippen LogP contribution >= 0.6 is 37.2 Å². The third-order valence-electron chi connectivity index (χ3n) is 8.20. The van der Waals surface area contributed by atoms with Crippen LogP contribution in [0.25, 0.3) is 0 Å². The molecule has 1 aromatic heterocycles. The van der Waals surface area contributed by atoms with Crippen LogP contribution in [0.3, 0.4) is 0 Å². The monoisotopic (exact) mass is 547 g/mol. The summed E-state index contributed by atoms with van der Waals surface area (Å²) in [5.74, 6) is 1.64. The molecule has 194 valence electrons. The zero-order valence-electron chi connectivity index (χ0n) is 20.7. The number of rotatable bonds is 4. The SMILES string of the molecule is C[C@@H]1CCc2ncnc(N3CC4(CCN(Cc5ccccc5)CC4)c4c(CN)cccc43)c21.Cl.Cl.Cl. The van der Waals surface area contributed by atoms with E-state index in [4.69, 9.17) is 10.7 Å². The Morgan fingerprint density at radius 2 is 1.72 bits per heavy atom. The minimum atomic E-state index is 0. The van der Waals surface area contributed by atoms with Crippen molar-refractivity contribution < 1.29 is 0 Å². The van der Waals surface area contributed by atoms with Gasteiger partial charge in [0.25, 0.3) is 0 Å². The topological polar surface area (TPSA) is 58.3 Å². The summed E-state index contributed by atoms with van der Waals surface area (Å²) in [6.45, 7) is 7.16. The van der Waals surface area contributed by atoms with Crippen LogP contribution < -0.4 is 10.6 Å². The Labute approximate surface area is 233 Å². The fourth-order valence-corrected chi connectivity index (χ4v) is 6.48. The van der Waals surface area contributed by atoms with E-state index in [0.29, 0.717) is 12.5 Å². The average molecular weight is 549 g/mol. The van der Waals surface area contributed by atoms with E-state index in [0.717, 1.165) is 51.3 Å². The number of halogens is 3. The summed E-state index contributed by atoms with van der Waals surface area (Å²) >= 11 is 0. The number of fused-ring (bicyclic) bond motifs is 3. The lowest BCUT2D eigenvalue weighted by Crippen LogP contribution is -2.44. The maximum absolute atomic E-state index is 6.28. The van der Waals surface area contributed by atoms with Crippen LogP contribution in [0, 0.1) is 0 Å². The molecule has 0 bridgehead atoms. The third kappa shape index (κ3) is 4.84. The molecule has 1 aliphatic carbocycles. The zero-order valence-corrected chi connectivity index (χ0v) is 23.2. The van der Waals surface area contributed by atoms with E-state index < -0.39 is 0 Å². The second kappa shape index (κ2) is 11.7. The van der Waals surface area contributed by atoms with Crippen molar-refractivity contribution >= 4 is 48.7 Å². The van der Waals surface area contributed by atoms with E-state index in [1.54, 1.807) is 6.33 Å². The van der Waals surface area contributed by atoms with Crippen molar-refractivity contribution in [2.45, 2.75) is 57.0 Å². The van der Waals surface area contributed by atoms with Crippen molar-refractivity contribution in [3.05, 3.63) is 82.8 Å². The molecule has 0 radical (unpaired) electrons. The molecule has 3 heterocycles. The van der Waals surface area contributed by atoms with Crippen LogP contribution in [-0.4, -0.2) is 34.5 Å². The minimum Gasteiger partial charge on any atom is -0.326 e. The number of hydrogen-bond acceptors (Lipinski definition) is 5. The lowest BCUT2D eigenvalue weighted by atomic mass is 9.72. The summed E-state index contributed by atoms with van der Waals surface area (Å²) < 4.78 is 0. The molecule has 1 atom stereocenters. The Morgan fingerprint density at radius 3 is 2.44 bits per heavy atom. The zero-order chi connectivity index (χ0) is 22.4. The van der Waals surface area contributed by atoms with Gasteiger partial charge in [-0.3, -0.25) is 4.90 Å². The van der Waals surface area contributed by atoms with Gasteiger partial charge in [0, 0.05) is 42.0 Å². The van der Waals surface area contributed by atoms with E-state index in [1.807, 2.05) is 0 Å². The van der Waals surface area contributed by atoms with Crippen molar-refractivity contribution in [2.75, 3.05) is 24.5 Å². The second-order valence-corrected chi connectivity index (χ2v) is 10.1. The first-order valence-corrected chi connectivity index (χ1v) is 12.4. The Kier molecular flexibility index (Phi) is 9.29. The first-order valence-electron chi connectivity index (χ1n) is 12.4. The van der Waals surface area contributed by atoms with Crippen LogP contribution in [0.5, 0.6) is 0 Å². The van der Waals surface area contributed by atoms with Gasteiger partial charge in [-0.1, -0.05) is 49.4 Å². The highest BCUT2D eigenvalue weighted by Crippen LogP contribution is 2.52. The van der Waals surface area contributed by atoms with Gasteiger partial charge in [0.05, 0.1) is 0 Å². The molecule has 0 unspecified atom stereocenters. The number of anilines is 2. The molecule has 1 saturated heterocycles. The van der Waals surface area contributed by atoms with E-state index in [1.165, 1.54) is 40.1 Å². The third-order valence-corrected chi connectivity index (χ3v) is 8.20. The number of piperidine rings is 1. The number of aryl methyl sites for hydroxylation is 1. The van der Waals surface area contributed by atoms with Crippen molar-refractivity contribution in [1.29, 1.82) is 0 Å². The van der Waals surface area contributed by atoms with Gasteiger partial charge in [-0.25, -0.2) is 9.97 Å². The standard InChI is InChI=1S/C28H33N5.3ClH/c1-20-10-11-23-25(20)27(31-19-30-23)33-18-28(26-22(16-29)8-5-9-24(26)33)12-14-32(15-13-28)17-21-6-3-2-4-7-21;;;/h2-9,19-20H,10-18,29H2,1H3;3*1H/t20-;;;/m1.../s1. The summed E-state index contributed by atoms with van der Waals surface area (Å²) in [7, 11) is 0. The number of nitrogens with zero attached hydrogens (tertiary/aromatic N) is 4. The minimum absolute atomic E-state index is 0. The maximum Gasteiger partial charge on any atom is 0.140 e. The molecule has 8 heteroatoms.